The molecule has 1 N–H and O–H groups in total. The fraction of sp³-hybridized carbons (Fsp3) is 0.733. The van der Waals surface area contributed by atoms with Gasteiger partial charge in [-0.3, -0.25) is 9.59 Å². The predicted octanol–water partition coefficient (Wildman–Crippen LogP) is 2.37. The van der Waals surface area contributed by atoms with Crippen LogP contribution in [0.25, 0.3) is 0 Å². The summed E-state index contributed by atoms with van der Waals surface area (Å²) in [6.45, 7) is 11.1. The zero-order chi connectivity index (χ0) is 14.8. The highest BCUT2D eigenvalue weighted by Crippen LogP contribution is 2.22. The summed E-state index contributed by atoms with van der Waals surface area (Å²) >= 11 is 0. The second-order valence-electron chi connectivity index (χ2n) is 6.71. The van der Waals surface area contributed by atoms with Crippen LogP contribution in [0, 0.1) is 5.92 Å². The van der Waals surface area contributed by atoms with Crippen LogP contribution >= 0.6 is 0 Å². The van der Waals surface area contributed by atoms with Gasteiger partial charge in [0, 0.05) is 19.1 Å². The summed E-state index contributed by atoms with van der Waals surface area (Å²) in [5.74, 6) is 0.660. The SMILES string of the molecule is CC(C)CCCN(C)c1c(NC(C)(C)C)c(=O)c1=O. The van der Waals surface area contributed by atoms with Crippen molar-refractivity contribution in [2.45, 2.75) is 53.0 Å². The van der Waals surface area contributed by atoms with Gasteiger partial charge in [0.05, 0.1) is 0 Å². The van der Waals surface area contributed by atoms with Crippen molar-refractivity contribution in [3.63, 3.8) is 0 Å². The van der Waals surface area contributed by atoms with Gasteiger partial charge in [0.1, 0.15) is 11.4 Å². The first kappa shape index (κ1) is 15.7. The maximum Gasteiger partial charge on any atom is 0.253 e. The molecule has 0 fully saturated rings. The zero-order valence-electron chi connectivity index (χ0n) is 13.0. The molecule has 4 nitrogen and oxygen atoms in total. The summed E-state index contributed by atoms with van der Waals surface area (Å²) < 4.78 is 0. The van der Waals surface area contributed by atoms with E-state index < -0.39 is 0 Å². The fourth-order valence-electron chi connectivity index (χ4n) is 2.08. The Morgan fingerprint density at radius 1 is 1.16 bits per heavy atom. The van der Waals surface area contributed by atoms with Crippen molar-refractivity contribution in [2.24, 2.45) is 5.92 Å². The van der Waals surface area contributed by atoms with Crippen molar-refractivity contribution in [3.8, 4) is 0 Å². The number of nitrogens with one attached hydrogen (secondary N) is 1. The molecule has 0 aliphatic rings. The third-order valence-electron chi connectivity index (χ3n) is 3.04. The molecule has 1 aromatic carbocycles. The molecule has 108 valence electrons. The number of rotatable bonds is 6. The van der Waals surface area contributed by atoms with Crippen LogP contribution in [0.3, 0.4) is 0 Å². The van der Waals surface area contributed by atoms with Crippen molar-refractivity contribution in [1.29, 1.82) is 0 Å². The van der Waals surface area contributed by atoms with Gasteiger partial charge in [-0.05, 0) is 39.5 Å². The zero-order valence-corrected chi connectivity index (χ0v) is 13.0. The monoisotopic (exact) mass is 266 g/mol. The molecule has 0 aliphatic heterocycles. The molecule has 0 aliphatic carbocycles. The highest BCUT2D eigenvalue weighted by molar-refractivity contribution is 5.75. The topological polar surface area (TPSA) is 49.4 Å². The molecule has 4 heteroatoms. The van der Waals surface area contributed by atoms with E-state index in [0.29, 0.717) is 17.3 Å². The van der Waals surface area contributed by atoms with E-state index in [2.05, 4.69) is 19.2 Å². The molecule has 0 unspecified atom stereocenters. The van der Waals surface area contributed by atoms with Crippen LogP contribution in [0.15, 0.2) is 9.59 Å². The Labute approximate surface area is 115 Å². The minimum Gasteiger partial charge on any atom is -0.375 e. The smallest absolute Gasteiger partial charge is 0.253 e. The Kier molecular flexibility index (Phi) is 4.77. The van der Waals surface area contributed by atoms with Crippen LogP contribution in [0.1, 0.15) is 47.5 Å². The summed E-state index contributed by atoms with van der Waals surface area (Å²) in [7, 11) is 1.88. The summed E-state index contributed by atoms with van der Waals surface area (Å²) in [5.41, 5.74) is 0.0584. The minimum atomic E-state index is -0.388. The predicted molar refractivity (Wildman–Crippen MR) is 82.1 cm³/mol. The van der Waals surface area contributed by atoms with E-state index in [1.54, 1.807) is 0 Å². The fourth-order valence-corrected chi connectivity index (χ4v) is 2.08. The van der Waals surface area contributed by atoms with E-state index in [1.807, 2.05) is 32.7 Å². The van der Waals surface area contributed by atoms with Crippen molar-refractivity contribution in [2.75, 3.05) is 23.8 Å². The lowest BCUT2D eigenvalue weighted by molar-refractivity contribution is 0.555. The average Bonchev–Trinajstić information content (AvgIpc) is 2.25. The van der Waals surface area contributed by atoms with Crippen molar-refractivity contribution in [1.82, 2.24) is 0 Å². The molecule has 0 saturated heterocycles. The molecule has 0 bridgehead atoms. The standard InChI is InChI=1S/C15H26N2O2/c1-10(2)8-7-9-17(6)12-11(13(18)14(12)19)16-15(3,4)5/h10,16H,7-9H2,1-6H3. The summed E-state index contributed by atoms with van der Waals surface area (Å²) in [6.07, 6.45) is 2.16. The first-order chi connectivity index (χ1) is 8.63. The second-order valence-corrected chi connectivity index (χ2v) is 6.71. The van der Waals surface area contributed by atoms with Crippen LogP contribution < -0.4 is 21.1 Å². The Hall–Kier alpha value is -1.32. The van der Waals surface area contributed by atoms with Gasteiger partial charge in [-0.1, -0.05) is 13.8 Å². The van der Waals surface area contributed by atoms with E-state index in [1.165, 1.54) is 0 Å². The largest absolute Gasteiger partial charge is 0.375 e. The number of nitrogens with zero attached hydrogens (tertiary/aromatic N) is 1. The number of anilines is 2. The molecule has 0 heterocycles. The summed E-state index contributed by atoms with van der Waals surface area (Å²) in [4.78, 5) is 25.2. The molecule has 19 heavy (non-hydrogen) atoms. The van der Waals surface area contributed by atoms with Gasteiger partial charge in [-0.2, -0.15) is 0 Å². The molecular weight excluding hydrogens is 240 g/mol. The third-order valence-corrected chi connectivity index (χ3v) is 3.04. The van der Waals surface area contributed by atoms with E-state index in [-0.39, 0.29) is 16.4 Å². The highest BCUT2D eigenvalue weighted by atomic mass is 16.2. The van der Waals surface area contributed by atoms with Gasteiger partial charge >= 0.3 is 0 Å². The lowest BCUT2D eigenvalue weighted by Crippen LogP contribution is -2.44. The second kappa shape index (κ2) is 5.76. The maximum absolute atomic E-state index is 11.7. The van der Waals surface area contributed by atoms with Gasteiger partial charge in [-0.25, -0.2) is 0 Å². The lowest BCUT2D eigenvalue weighted by atomic mass is 10.0. The van der Waals surface area contributed by atoms with Gasteiger partial charge in [0.15, 0.2) is 0 Å². The summed E-state index contributed by atoms with van der Waals surface area (Å²) in [6, 6.07) is 0. The minimum absolute atomic E-state index is 0.213. The maximum atomic E-state index is 11.7. The third kappa shape index (κ3) is 4.08. The highest BCUT2D eigenvalue weighted by Gasteiger charge is 2.26. The van der Waals surface area contributed by atoms with Gasteiger partial charge < -0.3 is 10.2 Å². The van der Waals surface area contributed by atoms with Crippen LogP contribution in [-0.2, 0) is 0 Å². The van der Waals surface area contributed by atoms with E-state index >= 15 is 0 Å². The van der Waals surface area contributed by atoms with E-state index in [9.17, 15) is 9.59 Å². The van der Waals surface area contributed by atoms with Crippen LogP contribution in [0.4, 0.5) is 11.4 Å². The van der Waals surface area contributed by atoms with Crippen molar-refractivity contribution in [3.05, 3.63) is 20.4 Å². The quantitative estimate of drug-likeness (QED) is 0.803. The number of hydrogen-bond donors (Lipinski definition) is 1. The Morgan fingerprint density at radius 2 is 1.74 bits per heavy atom. The molecule has 1 rings (SSSR count). The molecule has 0 saturated carbocycles. The van der Waals surface area contributed by atoms with E-state index in [4.69, 9.17) is 0 Å². The number of hydrogen-bond acceptors (Lipinski definition) is 4. The first-order valence-corrected chi connectivity index (χ1v) is 6.96. The first-order valence-electron chi connectivity index (χ1n) is 6.96. The normalized spacial score (nSPS) is 12.2. The molecule has 0 spiro atoms. The molecule has 0 aromatic heterocycles. The summed E-state index contributed by atoms with van der Waals surface area (Å²) in [5, 5.41) is 3.13. The Morgan fingerprint density at radius 3 is 2.21 bits per heavy atom. The van der Waals surface area contributed by atoms with Crippen LogP contribution in [0.2, 0.25) is 0 Å². The Bertz CT molecular complexity index is 491. The van der Waals surface area contributed by atoms with Crippen molar-refractivity contribution >= 4 is 11.4 Å². The molecular formula is C15H26N2O2. The Balaban J connectivity index is 2.75. The average molecular weight is 266 g/mol. The lowest BCUT2D eigenvalue weighted by Gasteiger charge is -2.28. The molecule has 0 radical (unpaired) electrons. The van der Waals surface area contributed by atoms with Gasteiger partial charge in [-0.15, -0.1) is 0 Å². The molecule has 1 aromatic rings. The van der Waals surface area contributed by atoms with Crippen LogP contribution in [-0.4, -0.2) is 19.1 Å². The van der Waals surface area contributed by atoms with Crippen LogP contribution in [0.5, 0.6) is 0 Å². The van der Waals surface area contributed by atoms with E-state index in [0.717, 1.165) is 19.4 Å². The van der Waals surface area contributed by atoms with Crippen molar-refractivity contribution < 1.29 is 0 Å². The molecule has 0 amide bonds. The molecule has 0 atom stereocenters. The van der Waals surface area contributed by atoms with Gasteiger partial charge in [0.2, 0.25) is 0 Å². The van der Waals surface area contributed by atoms with Gasteiger partial charge in [0.25, 0.3) is 10.9 Å².